The van der Waals surface area contributed by atoms with E-state index in [-0.39, 0.29) is 0 Å². The van der Waals surface area contributed by atoms with Crippen molar-refractivity contribution in [3.05, 3.63) is 48.5 Å². The third-order valence-corrected chi connectivity index (χ3v) is 3.34. The molecular formula is C11H11N3OS. The van der Waals surface area contributed by atoms with E-state index in [9.17, 15) is 4.21 Å². The molecule has 0 aliphatic heterocycles. The quantitative estimate of drug-likeness (QED) is 0.813. The highest BCUT2D eigenvalue weighted by atomic mass is 32.2. The summed E-state index contributed by atoms with van der Waals surface area (Å²) in [5, 5.41) is 0. The maximum absolute atomic E-state index is 11.9. The van der Waals surface area contributed by atoms with Crippen molar-refractivity contribution in [3.63, 3.8) is 0 Å². The fourth-order valence-corrected chi connectivity index (χ4v) is 2.21. The zero-order valence-electron chi connectivity index (χ0n) is 8.54. The molecule has 1 unspecified atom stereocenters. The SMILES string of the molecule is Nc1ccc(S(=O)Cc2ncccn2)cc1. The Labute approximate surface area is 96.0 Å². The standard InChI is InChI=1S/C11H11N3OS/c12-9-2-4-10(5-3-9)16(15)8-11-13-6-1-7-14-11/h1-7H,8,12H2. The Morgan fingerprint density at radius 1 is 1.12 bits per heavy atom. The van der Waals surface area contributed by atoms with Crippen molar-refractivity contribution >= 4 is 16.5 Å². The van der Waals surface area contributed by atoms with Crippen LogP contribution in [-0.4, -0.2) is 14.2 Å². The average Bonchev–Trinajstić information content (AvgIpc) is 2.31. The summed E-state index contributed by atoms with van der Waals surface area (Å²) in [7, 11) is -1.12. The molecule has 0 saturated heterocycles. The van der Waals surface area contributed by atoms with Crippen LogP contribution < -0.4 is 5.73 Å². The van der Waals surface area contributed by atoms with Crippen LogP contribution in [0.2, 0.25) is 0 Å². The lowest BCUT2D eigenvalue weighted by Gasteiger charge is -2.01. The minimum atomic E-state index is -1.12. The molecule has 2 aromatic rings. The molecule has 1 atom stereocenters. The van der Waals surface area contributed by atoms with Crippen molar-refractivity contribution in [2.24, 2.45) is 0 Å². The van der Waals surface area contributed by atoms with Gasteiger partial charge in [-0.1, -0.05) is 0 Å². The summed E-state index contributed by atoms with van der Waals surface area (Å²) in [5.41, 5.74) is 6.22. The number of nitrogens with two attached hydrogens (primary N) is 1. The summed E-state index contributed by atoms with van der Waals surface area (Å²) < 4.78 is 11.9. The van der Waals surface area contributed by atoms with Crippen LogP contribution >= 0.6 is 0 Å². The monoisotopic (exact) mass is 233 g/mol. The zero-order valence-corrected chi connectivity index (χ0v) is 9.35. The molecule has 0 spiro atoms. The Morgan fingerprint density at radius 2 is 1.75 bits per heavy atom. The molecule has 0 saturated carbocycles. The molecule has 2 rings (SSSR count). The Hall–Kier alpha value is -1.75. The van der Waals surface area contributed by atoms with Crippen LogP contribution in [0.15, 0.2) is 47.6 Å². The van der Waals surface area contributed by atoms with Crippen LogP contribution in [0.25, 0.3) is 0 Å². The maximum Gasteiger partial charge on any atom is 0.141 e. The first-order valence-corrected chi connectivity index (χ1v) is 6.07. The van der Waals surface area contributed by atoms with Crippen LogP contribution in [0.4, 0.5) is 5.69 Å². The Balaban J connectivity index is 2.12. The average molecular weight is 233 g/mol. The first kappa shape index (κ1) is 10.8. The summed E-state index contributed by atoms with van der Waals surface area (Å²) >= 11 is 0. The largest absolute Gasteiger partial charge is 0.399 e. The normalized spacial score (nSPS) is 12.2. The van der Waals surface area contributed by atoms with Crippen LogP contribution in [-0.2, 0) is 16.6 Å². The second-order valence-electron chi connectivity index (χ2n) is 3.22. The molecule has 1 aromatic carbocycles. The molecule has 0 aliphatic carbocycles. The fraction of sp³-hybridized carbons (Fsp3) is 0.0909. The predicted molar refractivity (Wildman–Crippen MR) is 63.0 cm³/mol. The summed E-state index contributed by atoms with van der Waals surface area (Å²) in [6.45, 7) is 0. The highest BCUT2D eigenvalue weighted by Gasteiger charge is 2.06. The number of hydrogen-bond acceptors (Lipinski definition) is 4. The fourth-order valence-electron chi connectivity index (χ4n) is 1.22. The van der Waals surface area contributed by atoms with Gasteiger partial charge in [0.15, 0.2) is 0 Å². The lowest BCUT2D eigenvalue weighted by molar-refractivity contribution is 0.681. The Morgan fingerprint density at radius 3 is 2.38 bits per heavy atom. The summed E-state index contributed by atoms with van der Waals surface area (Å²) in [6, 6.07) is 8.72. The van der Waals surface area contributed by atoms with E-state index >= 15 is 0 Å². The number of benzene rings is 1. The van der Waals surface area contributed by atoms with E-state index in [2.05, 4.69) is 9.97 Å². The molecule has 5 heteroatoms. The van der Waals surface area contributed by atoms with Gasteiger partial charge < -0.3 is 5.73 Å². The summed E-state index contributed by atoms with van der Waals surface area (Å²) in [4.78, 5) is 8.80. The maximum atomic E-state index is 11.9. The van der Waals surface area contributed by atoms with Crippen LogP contribution in [0.5, 0.6) is 0 Å². The number of nitrogens with zero attached hydrogens (tertiary/aromatic N) is 2. The molecule has 2 N–H and O–H groups in total. The van der Waals surface area contributed by atoms with Crippen molar-refractivity contribution in [1.29, 1.82) is 0 Å². The lowest BCUT2D eigenvalue weighted by atomic mass is 10.3. The molecule has 1 heterocycles. The van der Waals surface area contributed by atoms with E-state index in [4.69, 9.17) is 5.73 Å². The van der Waals surface area contributed by atoms with Gasteiger partial charge in [-0.25, -0.2) is 9.97 Å². The zero-order chi connectivity index (χ0) is 11.4. The first-order chi connectivity index (χ1) is 7.75. The topological polar surface area (TPSA) is 68.9 Å². The van der Waals surface area contributed by atoms with Gasteiger partial charge in [-0.05, 0) is 30.3 Å². The van der Waals surface area contributed by atoms with E-state index < -0.39 is 10.8 Å². The molecule has 82 valence electrons. The van der Waals surface area contributed by atoms with Gasteiger partial charge in [0.1, 0.15) is 5.82 Å². The molecule has 16 heavy (non-hydrogen) atoms. The molecule has 0 bridgehead atoms. The van der Waals surface area contributed by atoms with E-state index in [1.165, 1.54) is 0 Å². The molecule has 0 aliphatic rings. The van der Waals surface area contributed by atoms with E-state index in [1.54, 1.807) is 42.7 Å². The third kappa shape index (κ3) is 2.64. The molecule has 1 aromatic heterocycles. The number of nitrogen functional groups attached to an aromatic ring is 1. The van der Waals surface area contributed by atoms with Crippen LogP contribution in [0.1, 0.15) is 5.82 Å². The van der Waals surface area contributed by atoms with Crippen molar-refractivity contribution in [1.82, 2.24) is 9.97 Å². The predicted octanol–water partition coefficient (Wildman–Crippen LogP) is 1.37. The number of rotatable bonds is 3. The molecule has 4 nitrogen and oxygen atoms in total. The molecule has 0 radical (unpaired) electrons. The van der Waals surface area contributed by atoms with Crippen molar-refractivity contribution in [2.75, 3.05) is 5.73 Å². The van der Waals surface area contributed by atoms with Gasteiger partial charge in [0.25, 0.3) is 0 Å². The van der Waals surface area contributed by atoms with Gasteiger partial charge in [0.05, 0.1) is 16.6 Å². The second-order valence-corrected chi connectivity index (χ2v) is 4.68. The summed E-state index contributed by atoms with van der Waals surface area (Å²) in [6.07, 6.45) is 3.28. The Kier molecular flexibility index (Phi) is 3.26. The number of hydrogen-bond donors (Lipinski definition) is 1. The molecule has 0 fully saturated rings. The van der Waals surface area contributed by atoms with Crippen molar-refractivity contribution in [3.8, 4) is 0 Å². The number of anilines is 1. The van der Waals surface area contributed by atoms with Crippen LogP contribution in [0, 0.1) is 0 Å². The van der Waals surface area contributed by atoms with Crippen LogP contribution in [0.3, 0.4) is 0 Å². The van der Waals surface area contributed by atoms with E-state index in [0.717, 1.165) is 4.90 Å². The minimum Gasteiger partial charge on any atom is -0.399 e. The third-order valence-electron chi connectivity index (χ3n) is 2.02. The Bertz CT molecular complexity index is 484. The lowest BCUT2D eigenvalue weighted by Crippen LogP contribution is -2.00. The van der Waals surface area contributed by atoms with Gasteiger partial charge >= 0.3 is 0 Å². The van der Waals surface area contributed by atoms with Gasteiger partial charge in [-0.15, -0.1) is 0 Å². The second kappa shape index (κ2) is 4.85. The van der Waals surface area contributed by atoms with Crippen molar-refractivity contribution < 1.29 is 4.21 Å². The van der Waals surface area contributed by atoms with E-state index in [1.807, 2.05) is 0 Å². The molecular weight excluding hydrogens is 222 g/mol. The van der Waals surface area contributed by atoms with E-state index in [0.29, 0.717) is 17.3 Å². The smallest absolute Gasteiger partial charge is 0.141 e. The van der Waals surface area contributed by atoms with Gasteiger partial charge in [-0.2, -0.15) is 0 Å². The first-order valence-electron chi connectivity index (χ1n) is 4.75. The van der Waals surface area contributed by atoms with Gasteiger partial charge in [0.2, 0.25) is 0 Å². The highest BCUT2D eigenvalue weighted by Crippen LogP contribution is 2.12. The van der Waals surface area contributed by atoms with Gasteiger partial charge in [-0.3, -0.25) is 4.21 Å². The van der Waals surface area contributed by atoms with Gasteiger partial charge in [0, 0.05) is 23.0 Å². The highest BCUT2D eigenvalue weighted by molar-refractivity contribution is 7.84. The molecule has 0 amide bonds. The minimum absolute atomic E-state index is 0.324. The number of aromatic nitrogens is 2. The summed E-state index contributed by atoms with van der Waals surface area (Å²) in [5.74, 6) is 0.905. The van der Waals surface area contributed by atoms with Crippen molar-refractivity contribution in [2.45, 2.75) is 10.6 Å².